The number of hydrazone groups is 1. The van der Waals surface area contributed by atoms with Crippen molar-refractivity contribution in [2.24, 2.45) is 16.9 Å². The third-order valence-corrected chi connectivity index (χ3v) is 9.50. The molecule has 200 valence electrons. The van der Waals surface area contributed by atoms with Crippen LogP contribution in [0.25, 0.3) is 10.9 Å². The van der Waals surface area contributed by atoms with Crippen molar-refractivity contribution in [2.75, 3.05) is 0 Å². The van der Waals surface area contributed by atoms with Crippen molar-refractivity contribution in [1.82, 2.24) is 9.58 Å². The van der Waals surface area contributed by atoms with E-state index in [0.717, 1.165) is 49.3 Å². The topological polar surface area (TPSA) is 54.7 Å². The van der Waals surface area contributed by atoms with E-state index in [2.05, 4.69) is 33.9 Å². The van der Waals surface area contributed by atoms with Gasteiger partial charge in [-0.1, -0.05) is 96.0 Å². The Bertz CT molecular complexity index is 1830. The molecule has 41 heavy (non-hydrogen) atoms. The highest BCUT2D eigenvalue weighted by Gasteiger charge is 2.61. The molecule has 4 aliphatic rings. The average Bonchev–Trinajstić information content (AvgIpc) is 3.47. The van der Waals surface area contributed by atoms with Crippen LogP contribution in [0.2, 0.25) is 10.0 Å². The van der Waals surface area contributed by atoms with Crippen LogP contribution in [0.15, 0.2) is 102 Å². The molecule has 0 spiro atoms. The number of nitrogens with zero attached hydrogens (tertiary/aromatic N) is 3. The number of para-hydroxylation sites is 1. The SMILES string of the molecule is O=C1[C@@H]2C3c4ccccc4C(c4ccccc43)[C@@H]2C(=O)N1/N=C\c1cn(Cc2ccc(Cl)cc2Cl)c2ccccc12. The lowest BCUT2D eigenvalue weighted by molar-refractivity contribution is -0.139. The number of rotatable bonds is 4. The minimum absolute atomic E-state index is 0.153. The molecule has 2 atom stereocenters. The largest absolute Gasteiger partial charge is 0.342 e. The molecule has 5 nitrogen and oxygen atoms in total. The molecule has 1 aliphatic heterocycles. The summed E-state index contributed by atoms with van der Waals surface area (Å²) in [5, 5.41) is 7.83. The number of halogens is 2. The second-order valence-electron chi connectivity index (χ2n) is 11.0. The smallest absolute Gasteiger partial charge is 0.254 e. The normalized spacial score (nSPS) is 22.4. The first kappa shape index (κ1) is 24.6. The maximum absolute atomic E-state index is 13.9. The fourth-order valence-corrected chi connectivity index (χ4v) is 7.71. The molecule has 3 aliphatic carbocycles. The molecule has 0 unspecified atom stereocenters. The minimum atomic E-state index is -0.456. The van der Waals surface area contributed by atoms with E-state index in [1.807, 2.05) is 66.9 Å². The van der Waals surface area contributed by atoms with Crippen LogP contribution in [0.4, 0.5) is 0 Å². The number of hydrogen-bond donors (Lipinski definition) is 0. The van der Waals surface area contributed by atoms with Gasteiger partial charge in [0.1, 0.15) is 0 Å². The minimum Gasteiger partial charge on any atom is -0.342 e. The Morgan fingerprint density at radius 2 is 1.29 bits per heavy atom. The second kappa shape index (κ2) is 9.16. The van der Waals surface area contributed by atoms with Gasteiger partial charge in [0.15, 0.2) is 0 Å². The van der Waals surface area contributed by atoms with Gasteiger partial charge >= 0.3 is 0 Å². The molecular weight excluding hydrogens is 553 g/mol. The zero-order valence-electron chi connectivity index (χ0n) is 21.7. The van der Waals surface area contributed by atoms with Gasteiger partial charge in [-0.3, -0.25) is 9.59 Å². The van der Waals surface area contributed by atoms with Crippen molar-refractivity contribution in [1.29, 1.82) is 0 Å². The second-order valence-corrected chi connectivity index (χ2v) is 11.8. The van der Waals surface area contributed by atoms with Crippen molar-refractivity contribution in [2.45, 2.75) is 18.4 Å². The lowest BCUT2D eigenvalue weighted by atomic mass is 9.55. The predicted octanol–water partition coefficient (Wildman–Crippen LogP) is 7.22. The molecule has 1 fully saturated rings. The molecule has 2 bridgehead atoms. The number of carbonyl (C=O) groups excluding carboxylic acids is 2. The Balaban J connectivity index is 1.16. The van der Waals surface area contributed by atoms with Crippen molar-refractivity contribution in [3.63, 3.8) is 0 Å². The third-order valence-electron chi connectivity index (χ3n) is 8.91. The summed E-state index contributed by atoms with van der Waals surface area (Å²) < 4.78 is 2.09. The molecule has 4 aromatic carbocycles. The number of carbonyl (C=O) groups is 2. The van der Waals surface area contributed by atoms with Gasteiger partial charge in [0.05, 0.1) is 18.1 Å². The highest BCUT2D eigenvalue weighted by atomic mass is 35.5. The summed E-state index contributed by atoms with van der Waals surface area (Å²) in [6.07, 6.45) is 3.62. The summed E-state index contributed by atoms with van der Waals surface area (Å²) in [6.45, 7) is 0.538. The van der Waals surface area contributed by atoms with Gasteiger partial charge in [-0.15, -0.1) is 0 Å². The Hall–Kier alpha value is -4.19. The Labute approximate surface area is 246 Å². The molecule has 1 aromatic heterocycles. The van der Waals surface area contributed by atoms with Gasteiger partial charge in [0.25, 0.3) is 11.8 Å². The Kier molecular flexibility index (Phi) is 5.50. The van der Waals surface area contributed by atoms with E-state index in [1.165, 1.54) is 0 Å². The Morgan fingerprint density at radius 3 is 1.88 bits per heavy atom. The summed E-state index contributed by atoms with van der Waals surface area (Å²) in [6, 6.07) is 29.9. The highest BCUT2D eigenvalue weighted by Crippen LogP contribution is 2.61. The first-order valence-electron chi connectivity index (χ1n) is 13.6. The van der Waals surface area contributed by atoms with Crippen molar-refractivity contribution >= 4 is 52.1 Å². The maximum Gasteiger partial charge on any atom is 0.254 e. The van der Waals surface area contributed by atoms with Crippen LogP contribution in [-0.4, -0.2) is 27.6 Å². The van der Waals surface area contributed by atoms with E-state index in [0.29, 0.717) is 16.6 Å². The molecule has 2 heterocycles. The van der Waals surface area contributed by atoms with Crippen molar-refractivity contribution < 1.29 is 9.59 Å². The third kappa shape index (κ3) is 3.59. The number of imide groups is 1. The van der Waals surface area contributed by atoms with Gasteiger partial charge in [-0.2, -0.15) is 10.1 Å². The van der Waals surface area contributed by atoms with Crippen LogP contribution in [0.1, 0.15) is 45.2 Å². The summed E-state index contributed by atoms with van der Waals surface area (Å²) in [5.41, 5.74) is 7.33. The molecule has 1 saturated heterocycles. The van der Waals surface area contributed by atoms with Crippen LogP contribution in [0.5, 0.6) is 0 Å². The molecule has 0 radical (unpaired) electrons. The predicted molar refractivity (Wildman–Crippen MR) is 160 cm³/mol. The van der Waals surface area contributed by atoms with E-state index in [1.54, 1.807) is 12.3 Å². The number of amides is 2. The molecule has 2 amide bonds. The number of fused-ring (bicyclic) bond motifs is 1. The summed E-state index contributed by atoms with van der Waals surface area (Å²) >= 11 is 12.6. The molecule has 7 heteroatoms. The summed E-state index contributed by atoms with van der Waals surface area (Å²) in [7, 11) is 0. The van der Waals surface area contributed by atoms with Gasteiger partial charge in [0.2, 0.25) is 0 Å². The lowest BCUT2D eigenvalue weighted by Gasteiger charge is -2.45. The molecule has 0 N–H and O–H groups in total. The summed E-state index contributed by atoms with van der Waals surface area (Å²) in [5.74, 6) is -1.68. The monoisotopic (exact) mass is 575 g/mol. The van der Waals surface area contributed by atoms with E-state index in [4.69, 9.17) is 23.2 Å². The molecule has 5 aromatic rings. The molecule has 0 saturated carbocycles. The quantitative estimate of drug-likeness (QED) is 0.168. The first-order chi connectivity index (χ1) is 20.0. The van der Waals surface area contributed by atoms with Crippen LogP contribution in [-0.2, 0) is 16.1 Å². The average molecular weight is 576 g/mol. The summed E-state index contributed by atoms with van der Waals surface area (Å²) in [4.78, 5) is 27.8. The van der Waals surface area contributed by atoms with Gasteiger partial charge in [-0.25, -0.2) is 0 Å². The standard InChI is InChI=1S/C34H23Cl2N3O2/c35-21-14-13-19(27(36)15-21)17-38-18-20(22-7-5-6-12-28(22)38)16-37-39-33(40)31-29-23-8-1-2-9-24(23)30(32(31)34(39)41)26-11-4-3-10-25(26)29/h1-16,18,29-32H,17H2/b37-16-/t29?,30?,31-,32+. The zero-order valence-corrected chi connectivity index (χ0v) is 23.3. The highest BCUT2D eigenvalue weighted by molar-refractivity contribution is 6.35. The van der Waals surface area contributed by atoms with Crippen LogP contribution >= 0.6 is 23.2 Å². The van der Waals surface area contributed by atoms with Gasteiger partial charge in [-0.05, 0) is 46.0 Å². The number of hydrogen-bond acceptors (Lipinski definition) is 3. The number of benzene rings is 4. The van der Waals surface area contributed by atoms with E-state index >= 15 is 0 Å². The van der Waals surface area contributed by atoms with E-state index in [-0.39, 0.29) is 23.7 Å². The molecule has 9 rings (SSSR count). The van der Waals surface area contributed by atoms with Crippen LogP contribution in [0.3, 0.4) is 0 Å². The van der Waals surface area contributed by atoms with E-state index in [9.17, 15) is 9.59 Å². The molecular formula is C34H23Cl2N3O2. The van der Waals surface area contributed by atoms with Crippen LogP contribution in [0, 0.1) is 11.8 Å². The fourth-order valence-electron chi connectivity index (χ4n) is 7.24. The zero-order chi connectivity index (χ0) is 27.8. The van der Waals surface area contributed by atoms with Gasteiger partial charge in [0, 0.05) is 51.1 Å². The fraction of sp³-hybridized carbons (Fsp3) is 0.147. The Morgan fingerprint density at radius 1 is 0.732 bits per heavy atom. The van der Waals surface area contributed by atoms with Crippen LogP contribution < -0.4 is 0 Å². The maximum atomic E-state index is 13.9. The number of aromatic nitrogens is 1. The lowest BCUT2D eigenvalue weighted by Crippen LogP contribution is -2.41. The van der Waals surface area contributed by atoms with Crippen molar-refractivity contribution in [3.8, 4) is 0 Å². The van der Waals surface area contributed by atoms with E-state index < -0.39 is 11.8 Å². The van der Waals surface area contributed by atoms with Gasteiger partial charge < -0.3 is 4.57 Å². The van der Waals surface area contributed by atoms with Crippen molar-refractivity contribution in [3.05, 3.63) is 141 Å². The first-order valence-corrected chi connectivity index (χ1v) is 14.4.